The number of carbonyl (C=O) groups excluding carboxylic acids is 2. The van der Waals surface area contributed by atoms with Gasteiger partial charge >= 0.3 is 225 Å². The zero-order valence-corrected chi connectivity index (χ0v) is 24.7. The molecule has 0 aliphatic carbocycles. The average Bonchev–Trinajstić information content (AvgIpc) is 2.77. The fourth-order valence-electron chi connectivity index (χ4n) is 3.05. The quantitative estimate of drug-likeness (QED) is 0.423. The van der Waals surface area contributed by atoms with E-state index in [1.165, 1.54) is 3.57 Å². The number of rotatable bonds is 8. The standard InChI is InChI=1S/C27H37INO7/c1-26(2,3)35-24(30)29(25(31)36-27(4,5)6)15-14-18-16-22(33-8)23(34-9)17-21(18)28-19-10-12-20(32-7)13-11-19/h10-13,16-17H,14-15H2,1-9H3/q-1. The molecule has 200 valence electrons. The average molecular weight is 614 g/mol. The molecule has 0 saturated carbocycles. The van der Waals surface area contributed by atoms with Crippen molar-refractivity contribution in [1.82, 2.24) is 4.90 Å². The van der Waals surface area contributed by atoms with E-state index >= 15 is 0 Å². The zero-order valence-electron chi connectivity index (χ0n) is 22.6. The first-order valence-corrected chi connectivity index (χ1v) is 13.7. The van der Waals surface area contributed by atoms with Gasteiger partial charge in [0.15, 0.2) is 0 Å². The van der Waals surface area contributed by atoms with Crippen LogP contribution < -0.4 is 35.4 Å². The van der Waals surface area contributed by atoms with Crippen molar-refractivity contribution in [3.05, 3.63) is 49.1 Å². The Morgan fingerprint density at radius 1 is 0.778 bits per heavy atom. The van der Waals surface area contributed by atoms with Crippen LogP contribution in [0.4, 0.5) is 9.59 Å². The molecule has 9 heteroatoms. The molecule has 0 saturated heterocycles. The molecule has 0 spiro atoms. The Balaban J connectivity index is 2.39. The third-order valence-corrected chi connectivity index (χ3v) is 7.57. The molecule has 0 unspecified atom stereocenters. The number of imide groups is 1. The number of hydrogen-bond acceptors (Lipinski definition) is 7. The Morgan fingerprint density at radius 3 is 1.72 bits per heavy atom. The molecule has 0 atom stereocenters. The maximum atomic E-state index is 12.9. The molecule has 0 fully saturated rings. The van der Waals surface area contributed by atoms with E-state index in [1.54, 1.807) is 62.9 Å². The Hall–Kier alpha value is -2.69. The number of amides is 2. The molecule has 0 heterocycles. The number of ether oxygens (including phenoxy) is 5. The Bertz CT molecular complexity index is 1010. The first-order valence-electron chi connectivity index (χ1n) is 11.5. The van der Waals surface area contributed by atoms with Crippen LogP contribution in [-0.4, -0.2) is 56.2 Å². The van der Waals surface area contributed by atoms with Gasteiger partial charge in [-0.25, -0.2) is 0 Å². The van der Waals surface area contributed by atoms with Crippen LogP contribution in [0.15, 0.2) is 36.4 Å². The van der Waals surface area contributed by atoms with Gasteiger partial charge in [0.05, 0.1) is 0 Å². The van der Waals surface area contributed by atoms with Crippen LogP contribution >= 0.6 is 0 Å². The zero-order chi connectivity index (χ0) is 27.1. The monoisotopic (exact) mass is 614 g/mol. The molecule has 0 aliphatic heterocycles. The summed E-state index contributed by atoms with van der Waals surface area (Å²) in [5.41, 5.74) is -0.564. The van der Waals surface area contributed by atoms with Gasteiger partial charge in [-0.2, -0.15) is 0 Å². The van der Waals surface area contributed by atoms with E-state index in [0.29, 0.717) is 17.9 Å². The fraction of sp³-hybridized carbons (Fsp3) is 0.481. The second-order valence-corrected chi connectivity index (χ2v) is 12.9. The van der Waals surface area contributed by atoms with Crippen LogP contribution in [-0.2, 0) is 15.9 Å². The number of halogens is 1. The van der Waals surface area contributed by atoms with E-state index < -0.39 is 44.6 Å². The van der Waals surface area contributed by atoms with Crippen molar-refractivity contribution in [2.24, 2.45) is 0 Å². The Morgan fingerprint density at radius 2 is 1.28 bits per heavy atom. The number of hydrogen-bond donors (Lipinski definition) is 0. The molecule has 36 heavy (non-hydrogen) atoms. The van der Waals surface area contributed by atoms with Crippen molar-refractivity contribution in [3.8, 4) is 17.2 Å². The third-order valence-electron chi connectivity index (χ3n) is 4.65. The number of benzene rings is 2. The van der Waals surface area contributed by atoms with Gasteiger partial charge in [0.1, 0.15) is 0 Å². The van der Waals surface area contributed by atoms with Crippen LogP contribution in [0.2, 0.25) is 0 Å². The first-order chi connectivity index (χ1) is 16.8. The predicted octanol–water partition coefficient (Wildman–Crippen LogP) is 2.56. The normalized spacial score (nSPS) is 11.6. The molecule has 0 radical (unpaired) electrons. The van der Waals surface area contributed by atoms with Crippen LogP contribution in [0.3, 0.4) is 0 Å². The molecule has 0 aromatic heterocycles. The summed E-state index contributed by atoms with van der Waals surface area (Å²) in [6.45, 7) is 10.6. The summed E-state index contributed by atoms with van der Waals surface area (Å²) in [5.74, 6) is 2.00. The summed E-state index contributed by atoms with van der Waals surface area (Å²) in [7, 11) is 4.81. The van der Waals surface area contributed by atoms with E-state index in [4.69, 9.17) is 23.7 Å². The number of nitrogens with zero attached hydrogens (tertiary/aromatic N) is 1. The fourth-order valence-corrected chi connectivity index (χ4v) is 5.65. The first kappa shape index (κ1) is 29.5. The van der Waals surface area contributed by atoms with Gasteiger partial charge in [0, 0.05) is 0 Å². The molecule has 0 aliphatic rings. The molecule has 0 N–H and O–H groups in total. The van der Waals surface area contributed by atoms with Gasteiger partial charge in [-0.3, -0.25) is 0 Å². The van der Waals surface area contributed by atoms with Gasteiger partial charge in [-0.1, -0.05) is 0 Å². The molecule has 2 rings (SSSR count). The van der Waals surface area contributed by atoms with E-state index in [0.717, 1.165) is 19.8 Å². The van der Waals surface area contributed by atoms with Crippen LogP contribution in [0, 0.1) is 7.14 Å². The summed E-state index contributed by atoms with van der Waals surface area (Å²) < 4.78 is 29.6. The Kier molecular flexibility index (Phi) is 10.3. The molecule has 0 bridgehead atoms. The topological polar surface area (TPSA) is 83.5 Å². The molecule has 8 nitrogen and oxygen atoms in total. The van der Waals surface area contributed by atoms with Crippen molar-refractivity contribution >= 4 is 12.2 Å². The van der Waals surface area contributed by atoms with Crippen molar-refractivity contribution < 1.29 is 54.5 Å². The van der Waals surface area contributed by atoms with Crippen LogP contribution in [0.25, 0.3) is 0 Å². The van der Waals surface area contributed by atoms with Crippen molar-refractivity contribution in [2.75, 3.05) is 27.9 Å². The summed E-state index contributed by atoms with van der Waals surface area (Å²) in [6.07, 6.45) is -1.10. The van der Waals surface area contributed by atoms with E-state index in [1.807, 2.05) is 36.4 Å². The van der Waals surface area contributed by atoms with Crippen molar-refractivity contribution in [2.45, 2.75) is 59.2 Å². The molecule has 2 aromatic rings. The summed E-state index contributed by atoms with van der Waals surface area (Å²) in [6, 6.07) is 11.8. The summed E-state index contributed by atoms with van der Waals surface area (Å²) in [4.78, 5) is 26.9. The second kappa shape index (κ2) is 12.5. The van der Waals surface area contributed by atoms with Crippen LogP contribution in [0.5, 0.6) is 17.2 Å². The third kappa shape index (κ3) is 9.07. The summed E-state index contributed by atoms with van der Waals surface area (Å²) in [5, 5.41) is 0. The molecular weight excluding hydrogens is 577 g/mol. The minimum absolute atomic E-state index is 0.0820. The Labute approximate surface area is 224 Å². The van der Waals surface area contributed by atoms with Crippen molar-refractivity contribution in [3.63, 3.8) is 0 Å². The molecule has 2 amide bonds. The molecular formula is C27H37INO7-. The summed E-state index contributed by atoms with van der Waals surface area (Å²) >= 11 is -0.603. The van der Waals surface area contributed by atoms with Crippen LogP contribution in [0.1, 0.15) is 47.1 Å². The van der Waals surface area contributed by atoms with Gasteiger partial charge in [0.2, 0.25) is 0 Å². The predicted molar refractivity (Wildman–Crippen MR) is 133 cm³/mol. The van der Waals surface area contributed by atoms with Gasteiger partial charge in [0.25, 0.3) is 0 Å². The van der Waals surface area contributed by atoms with Crippen molar-refractivity contribution in [1.29, 1.82) is 0 Å². The van der Waals surface area contributed by atoms with Gasteiger partial charge < -0.3 is 0 Å². The minimum atomic E-state index is -0.758. The van der Waals surface area contributed by atoms with E-state index in [-0.39, 0.29) is 6.54 Å². The van der Waals surface area contributed by atoms with Gasteiger partial charge in [-0.05, 0) is 0 Å². The van der Waals surface area contributed by atoms with E-state index in [2.05, 4.69) is 0 Å². The molecule has 2 aromatic carbocycles. The second-order valence-electron chi connectivity index (χ2n) is 9.91. The maximum absolute atomic E-state index is 12.9. The number of methoxy groups -OCH3 is 3. The van der Waals surface area contributed by atoms with E-state index in [9.17, 15) is 9.59 Å². The van der Waals surface area contributed by atoms with Gasteiger partial charge in [-0.15, -0.1) is 0 Å². The SMILES string of the molecule is COc1ccc([I-]c2cc(OC)c(OC)cc2CCN(C(=O)OC(C)(C)C)C(=O)OC(C)(C)C)cc1. The number of carbonyl (C=O) groups is 2.